The van der Waals surface area contributed by atoms with E-state index in [1.54, 1.807) is 4.90 Å². The molecule has 33 heavy (non-hydrogen) atoms. The number of rotatable bonds is 5. The van der Waals surface area contributed by atoms with Gasteiger partial charge in [-0.15, -0.1) is 0 Å². The number of anilines is 3. The molecule has 170 valence electrons. The Kier molecular flexibility index (Phi) is 6.31. The predicted octanol–water partition coefficient (Wildman–Crippen LogP) is 4.84. The number of benzene rings is 3. The summed E-state index contributed by atoms with van der Waals surface area (Å²) in [5, 5.41) is 2.93. The van der Waals surface area contributed by atoms with Gasteiger partial charge in [-0.25, -0.2) is 4.79 Å². The average molecular weight is 441 g/mol. The molecule has 1 aliphatic carbocycles. The van der Waals surface area contributed by atoms with Crippen molar-refractivity contribution in [2.24, 2.45) is 0 Å². The van der Waals surface area contributed by atoms with Crippen molar-refractivity contribution in [1.29, 1.82) is 0 Å². The number of nitrogens with one attached hydrogen (secondary N) is 1. The lowest BCUT2D eigenvalue weighted by Gasteiger charge is -2.39. The zero-order valence-electron chi connectivity index (χ0n) is 19.3. The van der Waals surface area contributed by atoms with Gasteiger partial charge < -0.3 is 10.2 Å². The summed E-state index contributed by atoms with van der Waals surface area (Å²) in [7, 11) is 0. The van der Waals surface area contributed by atoms with Gasteiger partial charge >= 0.3 is 6.03 Å². The zero-order valence-corrected chi connectivity index (χ0v) is 19.3. The third-order valence-electron chi connectivity index (χ3n) is 6.88. The highest BCUT2D eigenvalue weighted by Gasteiger charge is 2.29. The molecular formula is C28H32N4O. The predicted molar refractivity (Wildman–Crippen MR) is 136 cm³/mol. The smallest absolute Gasteiger partial charge is 0.326 e. The van der Waals surface area contributed by atoms with Crippen molar-refractivity contribution in [3.05, 3.63) is 90.0 Å². The molecule has 3 aromatic carbocycles. The van der Waals surface area contributed by atoms with E-state index in [4.69, 9.17) is 0 Å². The van der Waals surface area contributed by atoms with Crippen LogP contribution in [0, 0.1) is 0 Å². The van der Waals surface area contributed by atoms with E-state index in [0.717, 1.165) is 37.6 Å². The highest BCUT2D eigenvalue weighted by Crippen LogP contribution is 2.30. The van der Waals surface area contributed by atoms with Crippen molar-refractivity contribution in [3.63, 3.8) is 0 Å². The maximum absolute atomic E-state index is 12.8. The molecule has 0 bridgehead atoms. The van der Waals surface area contributed by atoms with Gasteiger partial charge in [-0.2, -0.15) is 0 Å². The molecule has 0 unspecified atom stereocenters. The van der Waals surface area contributed by atoms with Gasteiger partial charge in [-0.3, -0.25) is 9.80 Å². The SMILES string of the molecule is CCNC(=O)N(c1ccccc1)c1ccc(N2CCN(C3Cc4ccccc4C3)CC2)cc1. The highest BCUT2D eigenvalue weighted by atomic mass is 16.2. The average Bonchev–Trinajstić information content (AvgIpc) is 3.30. The second-order valence-electron chi connectivity index (χ2n) is 8.88. The topological polar surface area (TPSA) is 38.8 Å². The van der Waals surface area contributed by atoms with Gasteiger partial charge in [0.25, 0.3) is 0 Å². The van der Waals surface area contributed by atoms with Crippen LogP contribution >= 0.6 is 0 Å². The monoisotopic (exact) mass is 440 g/mol. The van der Waals surface area contributed by atoms with Crippen molar-refractivity contribution >= 4 is 23.1 Å². The molecule has 5 nitrogen and oxygen atoms in total. The van der Waals surface area contributed by atoms with Crippen LogP contribution in [0.1, 0.15) is 18.1 Å². The number of fused-ring (bicyclic) bond motifs is 1. The highest BCUT2D eigenvalue weighted by molar-refractivity contribution is 5.99. The largest absolute Gasteiger partial charge is 0.369 e. The van der Waals surface area contributed by atoms with Gasteiger partial charge in [-0.05, 0) is 67.3 Å². The van der Waals surface area contributed by atoms with Gasteiger partial charge in [0.05, 0.1) is 11.4 Å². The fraction of sp³-hybridized carbons (Fsp3) is 0.321. The summed E-state index contributed by atoms with van der Waals surface area (Å²) >= 11 is 0. The lowest BCUT2D eigenvalue weighted by atomic mass is 10.1. The fourth-order valence-electron chi connectivity index (χ4n) is 5.14. The molecule has 0 spiro atoms. The first-order chi connectivity index (χ1) is 16.2. The van der Waals surface area contributed by atoms with Crippen LogP contribution in [-0.2, 0) is 12.8 Å². The lowest BCUT2D eigenvalue weighted by molar-refractivity contribution is 0.190. The molecule has 1 heterocycles. The van der Waals surface area contributed by atoms with E-state index < -0.39 is 0 Å². The summed E-state index contributed by atoms with van der Waals surface area (Å²) in [5.74, 6) is 0. The summed E-state index contributed by atoms with van der Waals surface area (Å²) < 4.78 is 0. The molecule has 1 N–H and O–H groups in total. The normalized spacial score (nSPS) is 16.5. The Bertz CT molecular complexity index is 1050. The van der Waals surface area contributed by atoms with E-state index in [1.807, 2.05) is 37.3 Å². The van der Waals surface area contributed by atoms with Crippen molar-refractivity contribution in [1.82, 2.24) is 10.2 Å². The maximum Gasteiger partial charge on any atom is 0.326 e. The first-order valence-electron chi connectivity index (χ1n) is 12.0. The first-order valence-corrected chi connectivity index (χ1v) is 12.0. The van der Waals surface area contributed by atoms with Gasteiger partial charge in [0.15, 0.2) is 0 Å². The number of piperazine rings is 1. The number of carbonyl (C=O) groups excluding carboxylic acids is 1. The molecule has 5 heteroatoms. The Morgan fingerprint density at radius 1 is 0.818 bits per heavy atom. The van der Waals surface area contributed by atoms with Crippen LogP contribution in [0.5, 0.6) is 0 Å². The van der Waals surface area contributed by atoms with Gasteiger partial charge in [-0.1, -0.05) is 42.5 Å². The van der Waals surface area contributed by atoms with Crippen LogP contribution in [0.2, 0.25) is 0 Å². The standard InChI is InChI=1S/C28H32N4O/c1-2-29-28(33)32(25-10-4-3-5-11-25)26-14-12-24(13-15-26)30-16-18-31(19-17-30)27-20-22-8-6-7-9-23(22)21-27/h3-15,27H,2,16-21H2,1H3,(H,29,33). The fourth-order valence-corrected chi connectivity index (χ4v) is 5.14. The Labute approximate surface area is 196 Å². The minimum atomic E-state index is -0.109. The number of urea groups is 1. The van der Waals surface area contributed by atoms with Crippen LogP contribution in [-0.4, -0.2) is 49.7 Å². The van der Waals surface area contributed by atoms with Crippen LogP contribution in [0.3, 0.4) is 0 Å². The van der Waals surface area contributed by atoms with Crippen molar-refractivity contribution < 1.29 is 4.79 Å². The summed E-state index contributed by atoms with van der Waals surface area (Å²) in [4.78, 5) is 19.6. The molecule has 0 radical (unpaired) electrons. The van der Waals surface area contributed by atoms with E-state index in [1.165, 1.54) is 29.7 Å². The van der Waals surface area contributed by atoms with Gasteiger partial charge in [0.2, 0.25) is 0 Å². The van der Waals surface area contributed by atoms with E-state index in [9.17, 15) is 4.79 Å². The molecule has 1 fully saturated rings. The van der Waals surface area contributed by atoms with Crippen LogP contribution in [0.15, 0.2) is 78.9 Å². The lowest BCUT2D eigenvalue weighted by Crippen LogP contribution is -2.50. The van der Waals surface area contributed by atoms with Crippen molar-refractivity contribution in [2.45, 2.75) is 25.8 Å². The molecule has 0 aromatic heterocycles. The molecule has 5 rings (SSSR count). The summed E-state index contributed by atoms with van der Waals surface area (Å²) in [6.07, 6.45) is 2.36. The Balaban J connectivity index is 1.24. The van der Waals surface area contributed by atoms with E-state index in [0.29, 0.717) is 12.6 Å². The number of hydrogen-bond acceptors (Lipinski definition) is 3. The summed E-state index contributed by atoms with van der Waals surface area (Å²) in [5.41, 5.74) is 6.00. The Hall–Kier alpha value is -3.31. The number of para-hydroxylation sites is 1. The van der Waals surface area contributed by atoms with Gasteiger partial charge in [0, 0.05) is 44.5 Å². The number of nitrogens with zero attached hydrogens (tertiary/aromatic N) is 3. The second kappa shape index (κ2) is 9.67. The molecule has 1 saturated heterocycles. The number of carbonyl (C=O) groups is 1. The zero-order chi connectivity index (χ0) is 22.6. The van der Waals surface area contributed by atoms with Gasteiger partial charge in [0.1, 0.15) is 0 Å². The van der Waals surface area contributed by atoms with Crippen LogP contribution < -0.4 is 15.1 Å². The summed E-state index contributed by atoms with van der Waals surface area (Å²) in [6.45, 7) is 6.78. The molecular weight excluding hydrogens is 408 g/mol. The maximum atomic E-state index is 12.8. The Morgan fingerprint density at radius 3 is 2.00 bits per heavy atom. The summed E-state index contributed by atoms with van der Waals surface area (Å²) in [6, 6.07) is 27.6. The number of hydrogen-bond donors (Lipinski definition) is 1. The molecule has 2 amide bonds. The third-order valence-corrected chi connectivity index (χ3v) is 6.88. The Morgan fingerprint density at radius 2 is 1.39 bits per heavy atom. The van der Waals surface area contributed by atoms with Crippen LogP contribution in [0.25, 0.3) is 0 Å². The minimum Gasteiger partial charge on any atom is -0.369 e. The third kappa shape index (κ3) is 4.60. The second-order valence-corrected chi connectivity index (χ2v) is 8.88. The number of amides is 2. The first kappa shape index (κ1) is 21.5. The quantitative estimate of drug-likeness (QED) is 0.617. The molecule has 3 aromatic rings. The molecule has 0 saturated carbocycles. The van der Waals surface area contributed by atoms with E-state index >= 15 is 0 Å². The van der Waals surface area contributed by atoms with E-state index in [2.05, 4.69) is 63.6 Å². The minimum absolute atomic E-state index is 0.109. The van der Waals surface area contributed by atoms with Crippen molar-refractivity contribution in [2.75, 3.05) is 42.5 Å². The molecule has 0 atom stereocenters. The van der Waals surface area contributed by atoms with E-state index in [-0.39, 0.29) is 6.03 Å². The van der Waals surface area contributed by atoms with Crippen LogP contribution in [0.4, 0.5) is 21.9 Å². The van der Waals surface area contributed by atoms with Crippen molar-refractivity contribution in [3.8, 4) is 0 Å². The molecule has 2 aliphatic rings. The molecule has 1 aliphatic heterocycles.